The van der Waals surface area contributed by atoms with Crippen LogP contribution in [0.25, 0.3) is 16.9 Å². The molecule has 0 spiro atoms. The van der Waals surface area contributed by atoms with Gasteiger partial charge in [-0.25, -0.2) is 9.97 Å². The number of nitrogens with zero attached hydrogens (tertiary/aromatic N) is 5. The third-order valence-corrected chi connectivity index (χ3v) is 6.93. The summed E-state index contributed by atoms with van der Waals surface area (Å²) in [6, 6.07) is 4.72. The number of carbonyl (C=O) groups excluding carboxylic acids is 2. The fourth-order valence-corrected chi connectivity index (χ4v) is 4.91. The quantitative estimate of drug-likeness (QED) is 0.187. The Kier molecular flexibility index (Phi) is 8.13. The Morgan fingerprint density at radius 3 is 2.69 bits per heavy atom. The number of anilines is 2. The summed E-state index contributed by atoms with van der Waals surface area (Å²) in [7, 11) is 1.42. The highest BCUT2D eigenvalue weighted by Gasteiger charge is 2.38. The van der Waals surface area contributed by atoms with Gasteiger partial charge in [-0.05, 0) is 36.6 Å². The van der Waals surface area contributed by atoms with Crippen LogP contribution in [0.1, 0.15) is 35.0 Å². The fraction of sp³-hybridized carbons (Fsp3) is 0.370. The first kappa shape index (κ1) is 29.0. The molecule has 3 aromatic heterocycles. The molecule has 5 N–H and O–H groups in total. The number of hydrogen-bond acceptors (Lipinski definition) is 8. The second kappa shape index (κ2) is 11.8. The number of aromatic nitrogens is 5. The minimum absolute atomic E-state index is 0.105. The SMILES string of the molecule is CCc1cc(Nc2nccn3c(-c4cn(C)nc4C(F)(F)F)cnc23)ccc1C(=O)NCCNC(=O)C1CC(O)CN1. The Hall–Kier alpha value is -4.50. The molecule has 5 rings (SSSR count). The van der Waals surface area contributed by atoms with Gasteiger partial charge in [-0.1, -0.05) is 6.92 Å². The molecule has 4 aromatic rings. The van der Waals surface area contributed by atoms with E-state index in [0.717, 1.165) is 10.2 Å². The summed E-state index contributed by atoms with van der Waals surface area (Å²) in [5.41, 5.74) is 1.26. The van der Waals surface area contributed by atoms with Gasteiger partial charge in [0.25, 0.3) is 5.91 Å². The van der Waals surface area contributed by atoms with Crippen LogP contribution in [0.15, 0.2) is 43.0 Å². The van der Waals surface area contributed by atoms with Gasteiger partial charge in [0.05, 0.1) is 29.6 Å². The molecule has 2 atom stereocenters. The van der Waals surface area contributed by atoms with Crippen LogP contribution in [0.4, 0.5) is 24.7 Å². The summed E-state index contributed by atoms with van der Waals surface area (Å²) >= 11 is 0. The first-order valence-corrected chi connectivity index (χ1v) is 13.4. The Bertz CT molecular complexity index is 1620. The number of fused-ring (bicyclic) bond motifs is 1. The predicted octanol–water partition coefficient (Wildman–Crippen LogP) is 2.02. The number of hydrogen-bond donors (Lipinski definition) is 5. The van der Waals surface area contributed by atoms with Crippen molar-refractivity contribution in [2.75, 3.05) is 25.0 Å². The topological polar surface area (TPSA) is 150 Å². The monoisotopic (exact) mass is 585 g/mol. The Labute approximate surface area is 238 Å². The molecule has 1 aliphatic rings. The number of aliphatic hydroxyl groups excluding tert-OH is 1. The molecule has 12 nitrogen and oxygen atoms in total. The third-order valence-electron chi connectivity index (χ3n) is 6.93. The Balaban J connectivity index is 1.27. The third kappa shape index (κ3) is 6.06. The van der Waals surface area contributed by atoms with E-state index in [-0.39, 0.29) is 36.2 Å². The normalized spacial score (nSPS) is 17.0. The van der Waals surface area contributed by atoms with Crippen LogP contribution in [0.2, 0.25) is 0 Å². The summed E-state index contributed by atoms with van der Waals surface area (Å²) in [4.78, 5) is 33.6. The van der Waals surface area contributed by atoms with Crippen LogP contribution in [-0.4, -0.2) is 72.9 Å². The number of halogens is 3. The van der Waals surface area contributed by atoms with Crippen molar-refractivity contribution in [2.45, 2.75) is 38.1 Å². The van der Waals surface area contributed by atoms with Gasteiger partial charge >= 0.3 is 6.18 Å². The van der Waals surface area contributed by atoms with Gasteiger partial charge in [0.1, 0.15) is 0 Å². The van der Waals surface area contributed by atoms with Crippen molar-refractivity contribution in [3.63, 3.8) is 0 Å². The smallest absolute Gasteiger partial charge is 0.392 e. The van der Waals surface area contributed by atoms with Gasteiger partial charge in [0.15, 0.2) is 17.2 Å². The van der Waals surface area contributed by atoms with Gasteiger partial charge in [0.2, 0.25) is 5.91 Å². The standard InChI is InChI=1S/C27H30F3N9O3/c1-3-15-10-16(4-5-18(15)25(41)32-6-7-33-26(42)20-11-17(40)12-34-20)36-23-24-35-13-21(39(24)9-8-31-23)19-14-38(2)37-22(19)27(28,29)30/h4-5,8-10,13-14,17,20,34,40H,3,6-7,11-12H2,1-2H3,(H,31,36)(H,32,41)(H,33,42). The lowest BCUT2D eigenvalue weighted by Gasteiger charge is -2.14. The van der Waals surface area contributed by atoms with Crippen LogP contribution >= 0.6 is 0 Å². The highest BCUT2D eigenvalue weighted by molar-refractivity contribution is 5.96. The maximum absolute atomic E-state index is 13.6. The van der Waals surface area contributed by atoms with Gasteiger partial charge in [0, 0.05) is 56.5 Å². The van der Waals surface area contributed by atoms with Crippen LogP contribution in [0, 0.1) is 0 Å². The largest absolute Gasteiger partial charge is 0.435 e. The molecular weight excluding hydrogens is 555 g/mol. The molecule has 1 aromatic carbocycles. The number of aliphatic hydroxyl groups is 1. The van der Waals surface area contributed by atoms with Gasteiger partial charge in [-0.15, -0.1) is 0 Å². The van der Waals surface area contributed by atoms with Crippen molar-refractivity contribution >= 4 is 29.0 Å². The number of nitrogens with one attached hydrogen (secondary N) is 4. The molecule has 1 saturated heterocycles. The molecule has 4 heterocycles. The van der Waals surface area contributed by atoms with Crippen molar-refractivity contribution in [2.24, 2.45) is 7.05 Å². The summed E-state index contributed by atoms with van der Waals surface area (Å²) in [6.07, 6.45) is 1.35. The van der Waals surface area contributed by atoms with E-state index in [4.69, 9.17) is 0 Å². The van der Waals surface area contributed by atoms with Crippen LogP contribution in [0.3, 0.4) is 0 Å². The van der Waals surface area contributed by atoms with E-state index < -0.39 is 24.0 Å². The summed E-state index contributed by atoms with van der Waals surface area (Å²) in [5.74, 6) is -0.197. The minimum atomic E-state index is -4.63. The van der Waals surface area contributed by atoms with Gasteiger partial charge < -0.3 is 26.4 Å². The molecule has 0 aliphatic carbocycles. The zero-order valence-corrected chi connectivity index (χ0v) is 22.9. The van der Waals surface area contributed by atoms with E-state index in [1.54, 1.807) is 18.2 Å². The van der Waals surface area contributed by atoms with E-state index in [2.05, 4.69) is 36.3 Å². The molecule has 0 saturated carbocycles. The second-order valence-corrected chi connectivity index (χ2v) is 9.92. The van der Waals surface area contributed by atoms with Crippen LogP contribution in [-0.2, 0) is 24.4 Å². The van der Waals surface area contributed by atoms with E-state index in [0.29, 0.717) is 42.1 Å². The van der Waals surface area contributed by atoms with E-state index >= 15 is 0 Å². The zero-order valence-electron chi connectivity index (χ0n) is 22.9. The number of alkyl halides is 3. The lowest BCUT2D eigenvalue weighted by atomic mass is 10.0. The number of imidazole rings is 1. The predicted molar refractivity (Wildman–Crippen MR) is 147 cm³/mol. The molecule has 42 heavy (non-hydrogen) atoms. The average molecular weight is 586 g/mol. The molecule has 1 aliphatic heterocycles. The van der Waals surface area contributed by atoms with Crippen LogP contribution < -0.4 is 21.3 Å². The van der Waals surface area contributed by atoms with Crippen LogP contribution in [0.5, 0.6) is 0 Å². The van der Waals surface area contributed by atoms with Crippen molar-refractivity contribution < 1.29 is 27.9 Å². The maximum atomic E-state index is 13.6. The van der Waals surface area contributed by atoms with Gasteiger partial charge in [-0.3, -0.25) is 18.7 Å². The Morgan fingerprint density at radius 1 is 1.19 bits per heavy atom. The molecule has 0 bridgehead atoms. The number of benzene rings is 1. The molecule has 2 unspecified atom stereocenters. The van der Waals surface area contributed by atoms with Gasteiger partial charge in [-0.2, -0.15) is 18.3 Å². The first-order valence-electron chi connectivity index (χ1n) is 13.4. The lowest BCUT2D eigenvalue weighted by molar-refractivity contribution is -0.141. The molecular formula is C27H30F3N9O3. The highest BCUT2D eigenvalue weighted by atomic mass is 19.4. The zero-order chi connectivity index (χ0) is 30.0. The molecule has 15 heteroatoms. The Morgan fingerprint density at radius 2 is 1.98 bits per heavy atom. The van der Waals surface area contributed by atoms with Crippen molar-refractivity contribution in [3.05, 3.63) is 59.8 Å². The second-order valence-electron chi connectivity index (χ2n) is 9.92. The number of β-amino-alcohol motifs (C(OH)–C–C–N with tert-alkyl or cyclic N) is 1. The number of aryl methyl sites for hydroxylation is 2. The summed E-state index contributed by atoms with van der Waals surface area (Å²) < 4.78 is 43.4. The number of rotatable bonds is 9. The molecule has 0 radical (unpaired) electrons. The lowest BCUT2D eigenvalue weighted by Crippen LogP contribution is -2.43. The van der Waals surface area contributed by atoms with E-state index in [9.17, 15) is 27.9 Å². The summed E-state index contributed by atoms with van der Waals surface area (Å²) in [5, 5.41) is 24.8. The molecule has 2 amide bonds. The molecule has 222 valence electrons. The minimum Gasteiger partial charge on any atom is -0.392 e. The fourth-order valence-electron chi connectivity index (χ4n) is 4.91. The number of amides is 2. The van der Waals surface area contributed by atoms with E-state index in [1.807, 2.05) is 6.92 Å². The van der Waals surface area contributed by atoms with Crippen molar-refractivity contribution in [3.8, 4) is 11.3 Å². The maximum Gasteiger partial charge on any atom is 0.435 e. The highest BCUT2D eigenvalue weighted by Crippen LogP contribution is 2.36. The first-order chi connectivity index (χ1) is 20.0. The van der Waals surface area contributed by atoms with E-state index in [1.165, 1.54) is 36.2 Å². The number of carbonyl (C=O) groups is 2. The summed E-state index contributed by atoms with van der Waals surface area (Å²) in [6.45, 7) is 2.75. The molecule has 1 fully saturated rings. The average Bonchev–Trinajstić information content (AvgIpc) is 3.69. The van der Waals surface area contributed by atoms with Crippen molar-refractivity contribution in [1.82, 2.24) is 40.1 Å². The van der Waals surface area contributed by atoms with Crippen molar-refractivity contribution in [1.29, 1.82) is 0 Å².